The van der Waals surface area contributed by atoms with Crippen LogP contribution < -0.4 is 10.1 Å². The van der Waals surface area contributed by atoms with E-state index in [1.54, 1.807) is 19.9 Å². The van der Waals surface area contributed by atoms with E-state index in [0.29, 0.717) is 17.3 Å². The van der Waals surface area contributed by atoms with Crippen molar-refractivity contribution in [2.75, 3.05) is 11.6 Å². The van der Waals surface area contributed by atoms with Crippen LogP contribution in [-0.4, -0.2) is 31.8 Å². The first kappa shape index (κ1) is 16.0. The Kier molecular flexibility index (Phi) is 4.51. The van der Waals surface area contributed by atoms with Gasteiger partial charge in [-0.3, -0.25) is 4.79 Å². The van der Waals surface area contributed by atoms with Crippen molar-refractivity contribution in [3.05, 3.63) is 36.1 Å². The standard InChI is InChI=1S/C14H16N2O5S/c1-9-8-13(16-21-9)15-14(17)10(2)20-11-4-6-12(7-5-11)22(3,18)19/h4-8,10H,1-3H3,(H,15,16,17)/t10-/m0/s1. The molecule has 1 aromatic carbocycles. The molecular weight excluding hydrogens is 308 g/mol. The maximum Gasteiger partial charge on any atom is 0.266 e. The van der Waals surface area contributed by atoms with Gasteiger partial charge in [-0.2, -0.15) is 0 Å². The molecular formula is C14H16N2O5S. The SMILES string of the molecule is Cc1cc(NC(=O)[C@H](C)Oc2ccc(S(C)(=O)=O)cc2)no1. The van der Waals surface area contributed by atoms with E-state index in [4.69, 9.17) is 9.26 Å². The van der Waals surface area contributed by atoms with Crippen molar-refractivity contribution in [3.63, 3.8) is 0 Å². The number of hydrogen-bond acceptors (Lipinski definition) is 6. The number of rotatable bonds is 5. The molecule has 0 bridgehead atoms. The van der Waals surface area contributed by atoms with E-state index in [-0.39, 0.29) is 10.8 Å². The second-order valence-electron chi connectivity index (χ2n) is 4.82. The smallest absolute Gasteiger partial charge is 0.266 e. The van der Waals surface area contributed by atoms with Crippen LogP contribution in [0.1, 0.15) is 12.7 Å². The number of anilines is 1. The Balaban J connectivity index is 1.99. The van der Waals surface area contributed by atoms with Gasteiger partial charge in [-0.1, -0.05) is 5.16 Å². The first-order valence-corrected chi connectivity index (χ1v) is 8.36. The Morgan fingerprint density at radius 2 is 1.95 bits per heavy atom. The zero-order valence-electron chi connectivity index (χ0n) is 12.4. The number of nitrogens with zero attached hydrogens (tertiary/aromatic N) is 1. The summed E-state index contributed by atoms with van der Waals surface area (Å²) < 4.78 is 33.0. The second kappa shape index (κ2) is 6.18. The molecule has 0 saturated heterocycles. The van der Waals surface area contributed by atoms with Gasteiger partial charge in [0.1, 0.15) is 11.5 Å². The molecule has 7 nitrogen and oxygen atoms in total. The van der Waals surface area contributed by atoms with E-state index >= 15 is 0 Å². The van der Waals surface area contributed by atoms with E-state index in [1.165, 1.54) is 24.3 Å². The highest BCUT2D eigenvalue weighted by Gasteiger charge is 2.17. The maximum atomic E-state index is 11.9. The van der Waals surface area contributed by atoms with Crippen LogP contribution in [0.25, 0.3) is 0 Å². The molecule has 1 aromatic heterocycles. The van der Waals surface area contributed by atoms with Gasteiger partial charge in [0.2, 0.25) is 0 Å². The van der Waals surface area contributed by atoms with Gasteiger partial charge < -0.3 is 14.6 Å². The number of aryl methyl sites for hydroxylation is 1. The van der Waals surface area contributed by atoms with Crippen LogP contribution in [0.5, 0.6) is 5.75 Å². The number of ether oxygens (including phenoxy) is 1. The molecule has 8 heteroatoms. The van der Waals surface area contributed by atoms with Gasteiger partial charge in [0.05, 0.1) is 4.90 Å². The summed E-state index contributed by atoms with van der Waals surface area (Å²) in [6.45, 7) is 3.29. The van der Waals surface area contributed by atoms with E-state index < -0.39 is 15.9 Å². The Morgan fingerprint density at radius 3 is 2.45 bits per heavy atom. The molecule has 0 radical (unpaired) electrons. The summed E-state index contributed by atoms with van der Waals surface area (Å²) in [5, 5.41) is 6.21. The van der Waals surface area contributed by atoms with Crippen molar-refractivity contribution in [1.82, 2.24) is 5.16 Å². The molecule has 2 rings (SSSR count). The fraction of sp³-hybridized carbons (Fsp3) is 0.286. The van der Waals surface area contributed by atoms with Crippen LogP contribution in [0, 0.1) is 6.92 Å². The molecule has 0 saturated carbocycles. The number of nitrogens with one attached hydrogen (secondary N) is 1. The molecule has 0 fully saturated rings. The van der Waals surface area contributed by atoms with Gasteiger partial charge in [0.15, 0.2) is 21.8 Å². The molecule has 0 unspecified atom stereocenters. The molecule has 0 aliphatic rings. The average Bonchev–Trinajstić information content (AvgIpc) is 2.83. The quantitative estimate of drug-likeness (QED) is 0.900. The van der Waals surface area contributed by atoms with Crippen LogP contribution in [0.4, 0.5) is 5.82 Å². The third-order valence-electron chi connectivity index (χ3n) is 2.81. The largest absolute Gasteiger partial charge is 0.481 e. The minimum atomic E-state index is -3.26. The number of benzene rings is 1. The molecule has 22 heavy (non-hydrogen) atoms. The Morgan fingerprint density at radius 1 is 1.32 bits per heavy atom. The number of amides is 1. The third kappa shape index (κ3) is 4.08. The monoisotopic (exact) mass is 324 g/mol. The fourth-order valence-corrected chi connectivity index (χ4v) is 2.31. The lowest BCUT2D eigenvalue weighted by Gasteiger charge is -2.13. The zero-order valence-corrected chi connectivity index (χ0v) is 13.2. The average molecular weight is 324 g/mol. The maximum absolute atomic E-state index is 11.9. The molecule has 118 valence electrons. The van der Waals surface area contributed by atoms with Gasteiger partial charge in [-0.05, 0) is 38.1 Å². The van der Waals surface area contributed by atoms with Crippen molar-refractivity contribution in [2.45, 2.75) is 24.8 Å². The summed E-state index contributed by atoms with van der Waals surface area (Å²) in [6, 6.07) is 7.44. The van der Waals surface area contributed by atoms with Crippen LogP contribution in [0.3, 0.4) is 0 Å². The Bertz CT molecular complexity index is 765. The van der Waals surface area contributed by atoms with Crippen molar-refractivity contribution < 1.29 is 22.5 Å². The summed E-state index contributed by atoms with van der Waals surface area (Å²) in [4.78, 5) is 12.1. The lowest BCUT2D eigenvalue weighted by atomic mass is 10.3. The number of carbonyl (C=O) groups is 1. The predicted octanol–water partition coefficient (Wildman–Crippen LogP) is 1.79. The highest BCUT2D eigenvalue weighted by Crippen LogP contribution is 2.17. The van der Waals surface area contributed by atoms with Crippen molar-refractivity contribution in [1.29, 1.82) is 0 Å². The molecule has 0 spiro atoms. The molecule has 1 amide bonds. The van der Waals surface area contributed by atoms with Crippen molar-refractivity contribution in [3.8, 4) is 5.75 Å². The van der Waals surface area contributed by atoms with Crippen LogP contribution in [-0.2, 0) is 14.6 Å². The Labute approximate surface area is 128 Å². The van der Waals surface area contributed by atoms with Crippen LogP contribution in [0.15, 0.2) is 39.8 Å². The highest BCUT2D eigenvalue weighted by molar-refractivity contribution is 7.90. The van der Waals surface area contributed by atoms with E-state index in [9.17, 15) is 13.2 Å². The minimum Gasteiger partial charge on any atom is -0.481 e. The van der Waals surface area contributed by atoms with E-state index in [1.807, 2.05) is 0 Å². The van der Waals surface area contributed by atoms with Gasteiger partial charge in [0, 0.05) is 12.3 Å². The van der Waals surface area contributed by atoms with E-state index in [2.05, 4.69) is 10.5 Å². The zero-order chi connectivity index (χ0) is 16.3. The topological polar surface area (TPSA) is 98.5 Å². The number of hydrogen-bond donors (Lipinski definition) is 1. The van der Waals surface area contributed by atoms with Crippen molar-refractivity contribution >= 4 is 21.6 Å². The lowest BCUT2D eigenvalue weighted by molar-refractivity contribution is -0.122. The van der Waals surface area contributed by atoms with Gasteiger partial charge in [0.25, 0.3) is 5.91 Å². The first-order valence-electron chi connectivity index (χ1n) is 6.46. The second-order valence-corrected chi connectivity index (χ2v) is 6.83. The summed E-state index contributed by atoms with van der Waals surface area (Å²) in [7, 11) is -3.26. The molecule has 2 aromatic rings. The number of sulfone groups is 1. The molecule has 1 atom stereocenters. The fourth-order valence-electron chi connectivity index (χ4n) is 1.68. The molecule has 1 N–H and O–H groups in total. The summed E-state index contributed by atoms with van der Waals surface area (Å²) in [5.41, 5.74) is 0. The number of carbonyl (C=O) groups excluding carboxylic acids is 1. The summed E-state index contributed by atoms with van der Waals surface area (Å²) in [6.07, 6.45) is 0.347. The number of aromatic nitrogens is 1. The first-order chi connectivity index (χ1) is 10.3. The van der Waals surface area contributed by atoms with Gasteiger partial charge in [-0.25, -0.2) is 8.42 Å². The van der Waals surface area contributed by atoms with E-state index in [0.717, 1.165) is 6.26 Å². The lowest BCUT2D eigenvalue weighted by Crippen LogP contribution is -2.30. The van der Waals surface area contributed by atoms with Gasteiger partial charge in [-0.15, -0.1) is 0 Å². The summed E-state index contributed by atoms with van der Waals surface area (Å²) >= 11 is 0. The van der Waals surface area contributed by atoms with Crippen LogP contribution in [0.2, 0.25) is 0 Å². The minimum absolute atomic E-state index is 0.190. The molecule has 0 aliphatic heterocycles. The molecule has 0 aliphatic carbocycles. The van der Waals surface area contributed by atoms with Gasteiger partial charge >= 0.3 is 0 Å². The van der Waals surface area contributed by atoms with Crippen molar-refractivity contribution in [2.24, 2.45) is 0 Å². The summed E-state index contributed by atoms with van der Waals surface area (Å²) in [5.74, 6) is 0.900. The molecule has 1 heterocycles. The predicted molar refractivity (Wildman–Crippen MR) is 79.5 cm³/mol. The third-order valence-corrected chi connectivity index (χ3v) is 3.94. The highest BCUT2D eigenvalue weighted by atomic mass is 32.2. The normalized spacial score (nSPS) is 12.7. The Hall–Kier alpha value is -2.35. The van der Waals surface area contributed by atoms with Crippen LogP contribution >= 0.6 is 0 Å².